The van der Waals surface area contributed by atoms with Crippen molar-refractivity contribution in [2.75, 3.05) is 0 Å². The van der Waals surface area contributed by atoms with Crippen LogP contribution in [-0.4, -0.2) is 17.2 Å². The van der Waals surface area contributed by atoms with E-state index < -0.39 is 5.97 Å². The zero-order valence-corrected chi connectivity index (χ0v) is 8.10. The average Bonchev–Trinajstić information content (AvgIpc) is 2.21. The zero-order chi connectivity index (χ0) is 11.3. The number of carbonyl (C=O) groups is 1. The van der Waals surface area contributed by atoms with Gasteiger partial charge in [-0.1, -0.05) is 12.1 Å². The molecule has 0 radical (unpaired) electrons. The smallest absolute Gasteiger partial charge is 0.331 e. The molecule has 1 rings (SSSR count). The molecule has 0 aliphatic carbocycles. The zero-order valence-electron chi connectivity index (χ0n) is 8.10. The maximum atomic E-state index is 10.5. The van der Waals surface area contributed by atoms with Crippen LogP contribution in [0, 0.1) is 0 Å². The Morgan fingerprint density at radius 2 is 2.00 bits per heavy atom. The third kappa shape index (κ3) is 3.21. The maximum absolute atomic E-state index is 10.5. The first-order valence-corrected chi connectivity index (χ1v) is 4.23. The lowest BCUT2D eigenvalue weighted by molar-refractivity contribution is -0.132. The van der Waals surface area contributed by atoms with Gasteiger partial charge in [-0.05, 0) is 30.7 Å². The lowest BCUT2D eigenvalue weighted by atomic mass is 10.1. The topological polar surface area (TPSA) is 66.7 Å². The monoisotopic (exact) mass is 203 g/mol. The van der Waals surface area contributed by atoms with Gasteiger partial charge in [-0.2, -0.15) is 4.99 Å². The molecule has 0 atom stereocenters. The summed E-state index contributed by atoms with van der Waals surface area (Å²) in [4.78, 5) is 23.9. The number of rotatable bonds is 3. The van der Waals surface area contributed by atoms with Crippen LogP contribution in [0.2, 0.25) is 0 Å². The summed E-state index contributed by atoms with van der Waals surface area (Å²) in [7, 11) is 0. The van der Waals surface area contributed by atoms with Gasteiger partial charge in [0, 0.05) is 5.57 Å². The van der Waals surface area contributed by atoms with Crippen LogP contribution in [0.1, 0.15) is 12.5 Å². The van der Waals surface area contributed by atoms with Crippen LogP contribution in [0.15, 0.2) is 34.8 Å². The van der Waals surface area contributed by atoms with Crippen molar-refractivity contribution in [1.82, 2.24) is 0 Å². The van der Waals surface area contributed by atoms with Crippen molar-refractivity contribution in [1.29, 1.82) is 0 Å². The van der Waals surface area contributed by atoms with Crippen LogP contribution < -0.4 is 0 Å². The predicted molar refractivity (Wildman–Crippen MR) is 55.5 cm³/mol. The van der Waals surface area contributed by atoms with Gasteiger partial charge in [0.2, 0.25) is 6.08 Å². The second kappa shape index (κ2) is 4.88. The van der Waals surface area contributed by atoms with Crippen molar-refractivity contribution in [2.24, 2.45) is 4.99 Å². The van der Waals surface area contributed by atoms with Crippen LogP contribution in [0.5, 0.6) is 0 Å². The molecule has 0 amide bonds. The Hall–Kier alpha value is -2.19. The maximum Gasteiger partial charge on any atom is 0.331 e. The van der Waals surface area contributed by atoms with Gasteiger partial charge in [-0.3, -0.25) is 0 Å². The molecule has 1 aromatic rings. The summed E-state index contributed by atoms with van der Waals surface area (Å²) in [5, 5.41) is 8.64. The van der Waals surface area contributed by atoms with Gasteiger partial charge in [0.15, 0.2) is 0 Å². The average molecular weight is 203 g/mol. The number of hydrogen-bond acceptors (Lipinski definition) is 3. The van der Waals surface area contributed by atoms with E-state index in [1.807, 2.05) is 0 Å². The first-order valence-electron chi connectivity index (χ1n) is 4.23. The van der Waals surface area contributed by atoms with Gasteiger partial charge in [0.25, 0.3) is 0 Å². The Labute approximate surface area is 86.6 Å². The highest BCUT2D eigenvalue weighted by Gasteiger charge is 1.99. The lowest BCUT2D eigenvalue weighted by Gasteiger charge is -1.96. The summed E-state index contributed by atoms with van der Waals surface area (Å²) in [5.41, 5.74) is 1.50. The summed E-state index contributed by atoms with van der Waals surface area (Å²) >= 11 is 0. The fraction of sp³-hybridized carbons (Fsp3) is 0.0909. The van der Waals surface area contributed by atoms with E-state index in [0.717, 1.165) is 5.56 Å². The first-order chi connectivity index (χ1) is 7.13. The summed E-state index contributed by atoms with van der Waals surface area (Å²) in [5.74, 6) is -0.954. The minimum atomic E-state index is -0.954. The molecule has 0 aromatic heterocycles. The van der Waals surface area contributed by atoms with Crippen molar-refractivity contribution < 1.29 is 14.7 Å². The number of benzene rings is 1. The van der Waals surface area contributed by atoms with Crippen molar-refractivity contribution in [3.63, 3.8) is 0 Å². The molecule has 0 bridgehead atoms. The Morgan fingerprint density at radius 1 is 1.40 bits per heavy atom. The standard InChI is InChI=1S/C11H9NO3/c1-8(11(14)15)6-9-2-4-10(5-3-9)12-7-13/h2-6H,1H3,(H,14,15)/b8-6+. The number of carboxylic acid groups (broad SMARTS) is 1. The normalized spacial score (nSPS) is 10.6. The third-order valence-electron chi connectivity index (χ3n) is 1.79. The van der Waals surface area contributed by atoms with E-state index in [1.54, 1.807) is 24.3 Å². The summed E-state index contributed by atoms with van der Waals surface area (Å²) in [6.07, 6.45) is 2.97. The van der Waals surface area contributed by atoms with Crippen molar-refractivity contribution in [3.05, 3.63) is 35.4 Å². The van der Waals surface area contributed by atoms with E-state index in [9.17, 15) is 9.59 Å². The number of hydrogen-bond donors (Lipinski definition) is 1. The van der Waals surface area contributed by atoms with E-state index in [4.69, 9.17) is 5.11 Å². The van der Waals surface area contributed by atoms with E-state index in [2.05, 4.69) is 4.99 Å². The van der Waals surface area contributed by atoms with Gasteiger partial charge in [-0.15, -0.1) is 0 Å². The number of aliphatic carboxylic acids is 1. The SMILES string of the molecule is C/C(=C\c1ccc(N=C=O)cc1)C(=O)O. The van der Waals surface area contributed by atoms with Crippen LogP contribution in [0.4, 0.5) is 5.69 Å². The minimum Gasteiger partial charge on any atom is -0.478 e. The van der Waals surface area contributed by atoms with Crippen LogP contribution in [-0.2, 0) is 9.59 Å². The number of nitrogens with zero attached hydrogens (tertiary/aromatic N) is 1. The number of carbonyl (C=O) groups excluding carboxylic acids is 1. The van der Waals surface area contributed by atoms with Crippen LogP contribution >= 0.6 is 0 Å². The second-order valence-electron chi connectivity index (χ2n) is 2.93. The summed E-state index contributed by atoms with van der Waals surface area (Å²) in [6, 6.07) is 6.60. The van der Waals surface area contributed by atoms with Gasteiger partial charge in [0.05, 0.1) is 5.69 Å². The molecule has 0 saturated heterocycles. The molecule has 0 unspecified atom stereocenters. The molecule has 0 saturated carbocycles. The molecular formula is C11H9NO3. The van der Waals surface area contributed by atoms with Crippen LogP contribution in [0.25, 0.3) is 6.08 Å². The largest absolute Gasteiger partial charge is 0.478 e. The molecule has 0 heterocycles. The highest BCUT2D eigenvalue weighted by atomic mass is 16.4. The minimum absolute atomic E-state index is 0.252. The molecule has 4 heteroatoms. The van der Waals surface area contributed by atoms with E-state index in [1.165, 1.54) is 19.1 Å². The van der Waals surface area contributed by atoms with Crippen molar-refractivity contribution >= 4 is 23.8 Å². The molecule has 15 heavy (non-hydrogen) atoms. The molecule has 0 fully saturated rings. The molecule has 0 aliphatic rings. The quantitative estimate of drug-likeness (QED) is 0.465. The molecule has 1 aromatic carbocycles. The van der Waals surface area contributed by atoms with E-state index >= 15 is 0 Å². The van der Waals surface area contributed by atoms with Crippen molar-refractivity contribution in [2.45, 2.75) is 6.92 Å². The Balaban J connectivity index is 2.94. The second-order valence-corrected chi connectivity index (χ2v) is 2.93. The van der Waals surface area contributed by atoms with Gasteiger partial charge in [0.1, 0.15) is 0 Å². The molecule has 1 N–H and O–H groups in total. The lowest BCUT2D eigenvalue weighted by Crippen LogP contribution is -1.95. The molecule has 0 aliphatic heterocycles. The molecule has 4 nitrogen and oxygen atoms in total. The van der Waals surface area contributed by atoms with Crippen LogP contribution in [0.3, 0.4) is 0 Å². The fourth-order valence-corrected chi connectivity index (χ4v) is 1.01. The Kier molecular flexibility index (Phi) is 3.55. The van der Waals surface area contributed by atoms with E-state index in [0.29, 0.717) is 5.69 Å². The third-order valence-corrected chi connectivity index (χ3v) is 1.79. The number of aliphatic imine (C=N–C) groups is 1. The summed E-state index contributed by atoms with van der Waals surface area (Å²) in [6.45, 7) is 1.51. The van der Waals surface area contributed by atoms with Crippen molar-refractivity contribution in [3.8, 4) is 0 Å². The number of carboxylic acids is 1. The van der Waals surface area contributed by atoms with Gasteiger partial charge in [-0.25, -0.2) is 9.59 Å². The highest BCUT2D eigenvalue weighted by Crippen LogP contribution is 2.14. The Morgan fingerprint density at radius 3 is 2.47 bits per heavy atom. The highest BCUT2D eigenvalue weighted by molar-refractivity contribution is 5.91. The molecule has 76 valence electrons. The van der Waals surface area contributed by atoms with Gasteiger partial charge < -0.3 is 5.11 Å². The molecular weight excluding hydrogens is 194 g/mol. The van der Waals surface area contributed by atoms with E-state index in [-0.39, 0.29) is 5.57 Å². The predicted octanol–water partition coefficient (Wildman–Crippen LogP) is 2.14. The molecule has 0 spiro atoms. The first kappa shape index (κ1) is 10.9. The summed E-state index contributed by atoms with van der Waals surface area (Å²) < 4.78 is 0. The number of isocyanates is 1. The fourth-order valence-electron chi connectivity index (χ4n) is 1.01. The Bertz CT molecular complexity index is 439. The van der Waals surface area contributed by atoms with Gasteiger partial charge >= 0.3 is 5.97 Å².